The average Bonchev–Trinajstić information content (AvgIpc) is 3.36. The Balaban J connectivity index is 1.55. The number of rotatable bonds is 6. The van der Waals surface area contributed by atoms with Crippen LogP contribution in [-0.4, -0.2) is 29.2 Å². The molecule has 0 unspecified atom stereocenters. The number of anilines is 1. The number of benzene rings is 1. The Bertz CT molecular complexity index is 871. The average molecular weight is 397 g/mol. The summed E-state index contributed by atoms with van der Waals surface area (Å²) in [5, 5.41) is 13.5. The summed E-state index contributed by atoms with van der Waals surface area (Å²) in [7, 11) is 0. The highest BCUT2D eigenvalue weighted by atomic mass is 32.1. The van der Waals surface area contributed by atoms with Gasteiger partial charge in [0, 0.05) is 19.5 Å². The molecule has 6 nitrogen and oxygen atoms in total. The van der Waals surface area contributed by atoms with Crippen LogP contribution in [0, 0.1) is 0 Å². The van der Waals surface area contributed by atoms with Crippen molar-refractivity contribution in [3.8, 4) is 0 Å². The van der Waals surface area contributed by atoms with Crippen LogP contribution in [0.4, 0.5) is 6.01 Å². The van der Waals surface area contributed by atoms with E-state index >= 15 is 0 Å². The SMILES string of the molecule is O=C(N[C@@H](Cc1ccccc1)c1nnc(N2CCCCCC2)o1)c1cccs1. The van der Waals surface area contributed by atoms with E-state index in [9.17, 15) is 4.79 Å². The molecule has 1 amide bonds. The Labute approximate surface area is 168 Å². The molecule has 1 N–H and O–H groups in total. The quantitative estimate of drug-likeness (QED) is 0.675. The second-order valence-electron chi connectivity index (χ2n) is 7.02. The van der Waals surface area contributed by atoms with Crippen molar-refractivity contribution < 1.29 is 9.21 Å². The van der Waals surface area contributed by atoms with Gasteiger partial charge in [0.05, 0.1) is 4.88 Å². The van der Waals surface area contributed by atoms with Gasteiger partial charge < -0.3 is 14.6 Å². The molecule has 7 heteroatoms. The predicted molar refractivity (Wildman–Crippen MR) is 110 cm³/mol. The van der Waals surface area contributed by atoms with Crippen LogP contribution in [0.25, 0.3) is 0 Å². The van der Waals surface area contributed by atoms with E-state index < -0.39 is 0 Å². The smallest absolute Gasteiger partial charge is 0.318 e. The van der Waals surface area contributed by atoms with Gasteiger partial charge in [-0.25, -0.2) is 0 Å². The van der Waals surface area contributed by atoms with E-state index in [-0.39, 0.29) is 11.9 Å². The Kier molecular flexibility index (Phi) is 6.01. The van der Waals surface area contributed by atoms with Crippen molar-refractivity contribution >= 4 is 23.3 Å². The molecular weight excluding hydrogens is 372 g/mol. The molecule has 4 rings (SSSR count). The molecule has 3 aromatic rings. The number of carbonyl (C=O) groups excluding carboxylic acids is 1. The Hall–Kier alpha value is -2.67. The number of carbonyl (C=O) groups is 1. The Morgan fingerprint density at radius 3 is 2.57 bits per heavy atom. The van der Waals surface area contributed by atoms with E-state index in [4.69, 9.17) is 4.42 Å². The number of hydrogen-bond acceptors (Lipinski definition) is 6. The third kappa shape index (κ3) is 4.59. The molecule has 28 heavy (non-hydrogen) atoms. The van der Waals surface area contributed by atoms with Gasteiger partial charge in [0.25, 0.3) is 5.91 Å². The van der Waals surface area contributed by atoms with Crippen LogP contribution in [0.1, 0.15) is 52.9 Å². The van der Waals surface area contributed by atoms with Gasteiger partial charge in [0.1, 0.15) is 6.04 Å². The first-order chi connectivity index (χ1) is 13.8. The maximum Gasteiger partial charge on any atom is 0.318 e. The first-order valence-electron chi connectivity index (χ1n) is 9.76. The summed E-state index contributed by atoms with van der Waals surface area (Å²) in [4.78, 5) is 15.5. The fourth-order valence-corrected chi connectivity index (χ4v) is 4.07. The number of thiophene rings is 1. The third-order valence-corrected chi connectivity index (χ3v) is 5.81. The molecule has 146 valence electrons. The lowest BCUT2D eigenvalue weighted by Gasteiger charge is -2.17. The third-order valence-electron chi connectivity index (χ3n) is 4.94. The van der Waals surface area contributed by atoms with Crippen molar-refractivity contribution in [1.82, 2.24) is 15.5 Å². The van der Waals surface area contributed by atoms with E-state index in [1.54, 1.807) is 0 Å². The maximum absolute atomic E-state index is 12.6. The lowest BCUT2D eigenvalue weighted by atomic mass is 10.1. The van der Waals surface area contributed by atoms with E-state index in [1.165, 1.54) is 24.2 Å². The summed E-state index contributed by atoms with van der Waals surface area (Å²) >= 11 is 1.42. The number of aromatic nitrogens is 2. The van der Waals surface area contributed by atoms with Crippen LogP contribution in [0.3, 0.4) is 0 Å². The van der Waals surface area contributed by atoms with Crippen LogP contribution in [-0.2, 0) is 6.42 Å². The van der Waals surface area contributed by atoms with Crippen molar-refractivity contribution in [2.45, 2.75) is 38.1 Å². The highest BCUT2D eigenvalue weighted by Crippen LogP contribution is 2.24. The minimum atomic E-state index is -0.370. The zero-order chi connectivity index (χ0) is 19.2. The molecule has 1 saturated heterocycles. The second kappa shape index (κ2) is 9.01. The van der Waals surface area contributed by atoms with Gasteiger partial charge in [-0.05, 0) is 29.9 Å². The summed E-state index contributed by atoms with van der Waals surface area (Å²) in [6, 6.07) is 13.9. The minimum absolute atomic E-state index is 0.120. The molecular formula is C21H24N4O2S. The van der Waals surface area contributed by atoms with Crippen LogP contribution in [0.2, 0.25) is 0 Å². The van der Waals surface area contributed by atoms with Gasteiger partial charge in [-0.1, -0.05) is 54.3 Å². The number of amides is 1. The fourth-order valence-electron chi connectivity index (χ4n) is 3.44. The van der Waals surface area contributed by atoms with E-state index in [0.717, 1.165) is 31.5 Å². The summed E-state index contributed by atoms with van der Waals surface area (Å²) in [6.07, 6.45) is 5.36. The van der Waals surface area contributed by atoms with Crippen LogP contribution < -0.4 is 10.2 Å². The Morgan fingerprint density at radius 2 is 1.86 bits per heavy atom. The largest absolute Gasteiger partial charge is 0.406 e. The Morgan fingerprint density at radius 1 is 1.07 bits per heavy atom. The van der Waals surface area contributed by atoms with E-state index in [1.807, 2.05) is 47.8 Å². The summed E-state index contributed by atoms with van der Waals surface area (Å²) < 4.78 is 6.02. The van der Waals surface area contributed by atoms with Crippen molar-refractivity contribution in [2.24, 2.45) is 0 Å². The number of nitrogens with zero attached hydrogens (tertiary/aromatic N) is 3. The normalized spacial score (nSPS) is 15.8. The lowest BCUT2D eigenvalue weighted by molar-refractivity contribution is 0.0934. The lowest BCUT2D eigenvalue weighted by Crippen LogP contribution is -2.29. The molecule has 0 aliphatic carbocycles. The summed E-state index contributed by atoms with van der Waals surface area (Å²) in [5.74, 6) is 0.332. The van der Waals surface area contributed by atoms with Crippen molar-refractivity contribution in [1.29, 1.82) is 0 Å². The standard InChI is InChI=1S/C21H24N4O2S/c26-19(18-11-8-14-28-18)22-17(15-16-9-4-3-5-10-16)20-23-24-21(27-20)25-12-6-1-2-7-13-25/h3-5,8-11,14,17H,1-2,6-7,12-13,15H2,(H,22,26)/t17-/m0/s1. The molecule has 0 spiro atoms. The molecule has 1 atom stereocenters. The number of hydrogen-bond donors (Lipinski definition) is 1. The highest BCUT2D eigenvalue weighted by Gasteiger charge is 2.24. The maximum atomic E-state index is 12.6. The van der Waals surface area contributed by atoms with Crippen molar-refractivity contribution in [3.63, 3.8) is 0 Å². The predicted octanol–water partition coefficient (Wildman–Crippen LogP) is 4.23. The first kappa shape index (κ1) is 18.7. The molecule has 0 saturated carbocycles. The minimum Gasteiger partial charge on any atom is -0.406 e. The van der Waals surface area contributed by atoms with Crippen LogP contribution >= 0.6 is 11.3 Å². The molecule has 1 aliphatic heterocycles. The van der Waals surface area contributed by atoms with Gasteiger partial charge in [-0.2, -0.15) is 0 Å². The fraction of sp³-hybridized carbons (Fsp3) is 0.381. The van der Waals surface area contributed by atoms with Crippen LogP contribution in [0.5, 0.6) is 0 Å². The van der Waals surface area contributed by atoms with Crippen molar-refractivity contribution in [2.75, 3.05) is 18.0 Å². The van der Waals surface area contributed by atoms with Gasteiger partial charge >= 0.3 is 6.01 Å². The highest BCUT2D eigenvalue weighted by molar-refractivity contribution is 7.12. The van der Waals surface area contributed by atoms with E-state index in [0.29, 0.717) is 23.2 Å². The molecule has 3 heterocycles. The monoisotopic (exact) mass is 396 g/mol. The molecule has 0 radical (unpaired) electrons. The molecule has 1 fully saturated rings. The van der Waals surface area contributed by atoms with Gasteiger partial charge in [0.2, 0.25) is 5.89 Å². The zero-order valence-electron chi connectivity index (χ0n) is 15.7. The molecule has 2 aromatic heterocycles. The van der Waals surface area contributed by atoms with Gasteiger partial charge in [0.15, 0.2) is 0 Å². The number of nitrogens with one attached hydrogen (secondary N) is 1. The van der Waals surface area contributed by atoms with E-state index in [2.05, 4.69) is 20.4 Å². The van der Waals surface area contributed by atoms with Gasteiger partial charge in [-0.15, -0.1) is 16.4 Å². The molecule has 0 bridgehead atoms. The molecule has 1 aromatic carbocycles. The summed E-state index contributed by atoms with van der Waals surface area (Å²) in [5.41, 5.74) is 1.11. The second-order valence-corrected chi connectivity index (χ2v) is 7.96. The van der Waals surface area contributed by atoms with Gasteiger partial charge in [-0.3, -0.25) is 4.79 Å². The summed E-state index contributed by atoms with van der Waals surface area (Å²) in [6.45, 7) is 1.87. The zero-order valence-corrected chi connectivity index (χ0v) is 16.5. The molecule has 1 aliphatic rings. The van der Waals surface area contributed by atoms with Crippen molar-refractivity contribution in [3.05, 3.63) is 64.2 Å². The first-order valence-corrected chi connectivity index (χ1v) is 10.6. The topological polar surface area (TPSA) is 71.3 Å². The van der Waals surface area contributed by atoms with Crippen LogP contribution in [0.15, 0.2) is 52.3 Å².